The molecule has 0 heterocycles. The summed E-state index contributed by atoms with van der Waals surface area (Å²) in [5.74, 6) is 0.909. The van der Waals surface area contributed by atoms with Crippen LogP contribution < -0.4 is 0 Å². The van der Waals surface area contributed by atoms with E-state index in [0.29, 0.717) is 5.78 Å². The van der Waals surface area contributed by atoms with E-state index in [1.165, 1.54) is 6.42 Å². The molecule has 2 heteroatoms. The zero-order valence-corrected chi connectivity index (χ0v) is 8.78. The number of hydrogen-bond acceptors (Lipinski definition) is 2. The van der Waals surface area contributed by atoms with Gasteiger partial charge in [0.25, 0.3) is 0 Å². The number of phenols is 1. The molecule has 0 bridgehead atoms. The third kappa shape index (κ3) is 2.58. The molecule has 1 atom stereocenters. The minimum atomic E-state index is 0.211. The van der Waals surface area contributed by atoms with Gasteiger partial charge in [0.2, 0.25) is 0 Å². The third-order valence-corrected chi connectivity index (χ3v) is 3.10. The van der Waals surface area contributed by atoms with Crippen molar-refractivity contribution in [3.8, 4) is 5.75 Å². The van der Waals surface area contributed by atoms with Crippen molar-refractivity contribution in [2.24, 2.45) is 5.92 Å². The van der Waals surface area contributed by atoms with Crippen LogP contribution in [0, 0.1) is 5.92 Å². The SMILES string of the molecule is O=C1CCCCC1[14CH2][14c]1[14cH][14cH][14c](O)[14cH][14cH]1. The van der Waals surface area contributed by atoms with E-state index in [1.54, 1.807) is 12.1 Å². The van der Waals surface area contributed by atoms with Gasteiger partial charge in [-0.2, -0.15) is 0 Å². The average molecular weight is 218 g/mol. The second-order valence-corrected chi connectivity index (χ2v) is 4.28. The lowest BCUT2D eigenvalue weighted by molar-refractivity contribution is -0.124. The van der Waals surface area contributed by atoms with Gasteiger partial charge in [0.05, 0.1) is 0 Å². The van der Waals surface area contributed by atoms with Crippen LogP contribution in [-0.2, 0) is 11.2 Å². The van der Waals surface area contributed by atoms with Gasteiger partial charge >= 0.3 is 0 Å². The lowest BCUT2D eigenvalue weighted by Crippen LogP contribution is -2.20. The molecular weight excluding hydrogens is 202 g/mol. The van der Waals surface area contributed by atoms with Crippen molar-refractivity contribution in [2.75, 3.05) is 0 Å². The summed E-state index contributed by atoms with van der Waals surface area (Å²) in [6.45, 7) is 0. The first-order chi connectivity index (χ1) is 7.25. The molecule has 2 nitrogen and oxygen atoms in total. The molecule has 1 aromatic rings. The second-order valence-electron chi connectivity index (χ2n) is 4.28. The minimum Gasteiger partial charge on any atom is -0.508 e. The van der Waals surface area contributed by atoms with E-state index < -0.39 is 0 Å². The fourth-order valence-electron chi connectivity index (χ4n) is 2.19. The Bertz CT molecular complexity index is 340. The van der Waals surface area contributed by atoms with E-state index in [2.05, 4.69) is 0 Å². The molecule has 0 spiro atoms. The highest BCUT2D eigenvalue weighted by Gasteiger charge is 2.21. The molecule has 2 rings (SSSR count). The summed E-state index contributed by atoms with van der Waals surface area (Å²) in [5, 5.41) is 9.15. The Morgan fingerprint density at radius 3 is 2.67 bits per heavy atom. The van der Waals surface area contributed by atoms with E-state index in [-0.39, 0.29) is 11.7 Å². The summed E-state index contributed by atoms with van der Waals surface area (Å²) in [7, 11) is 0. The lowest BCUT2D eigenvalue weighted by atomic mass is 9.95. The maximum atomic E-state index is 11.6. The summed E-state index contributed by atoms with van der Waals surface area (Å²) in [6, 6.07) is 7.17. The quantitative estimate of drug-likeness (QED) is 0.828. The standard InChI is InChI=1S/C13H16O2/c14-12-7-5-10(6-8-12)9-11-3-1-2-4-13(11)15/h5-8,11,14H,1-4,9H2/i5+2,6+2,7+2,8+2,9+2,10+2,12+2. The van der Waals surface area contributed by atoms with Gasteiger partial charge in [-0.05, 0) is 37.0 Å². The largest absolute Gasteiger partial charge is 0.508 e. The van der Waals surface area contributed by atoms with Crippen LogP contribution in [0.15, 0.2) is 24.3 Å². The zero-order valence-electron chi connectivity index (χ0n) is 8.78. The van der Waals surface area contributed by atoms with Crippen LogP contribution in [0.3, 0.4) is 0 Å². The zero-order chi connectivity index (χ0) is 10.7. The van der Waals surface area contributed by atoms with Crippen molar-refractivity contribution in [2.45, 2.75) is 32.1 Å². The summed E-state index contributed by atoms with van der Waals surface area (Å²) < 4.78 is 0. The number of carbonyl (C=O) groups is 1. The van der Waals surface area contributed by atoms with Crippen molar-refractivity contribution in [1.82, 2.24) is 0 Å². The summed E-state index contributed by atoms with van der Waals surface area (Å²) >= 11 is 0. The van der Waals surface area contributed by atoms with Crippen molar-refractivity contribution in [3.05, 3.63) is 29.8 Å². The molecule has 1 N–H and O–H groups in total. The van der Waals surface area contributed by atoms with E-state index in [9.17, 15) is 4.79 Å². The highest BCUT2D eigenvalue weighted by molar-refractivity contribution is 5.81. The van der Waals surface area contributed by atoms with Gasteiger partial charge in [0.15, 0.2) is 0 Å². The number of ketones is 1. The van der Waals surface area contributed by atoms with Gasteiger partial charge in [-0.1, -0.05) is 18.6 Å². The smallest absolute Gasteiger partial charge is 0.136 e. The highest BCUT2D eigenvalue weighted by Crippen LogP contribution is 2.24. The van der Waals surface area contributed by atoms with Crippen molar-refractivity contribution in [1.29, 1.82) is 0 Å². The van der Waals surface area contributed by atoms with Crippen LogP contribution >= 0.6 is 0 Å². The van der Waals surface area contributed by atoms with Gasteiger partial charge in [-0.25, -0.2) is 0 Å². The van der Waals surface area contributed by atoms with Crippen LogP contribution in [-0.4, -0.2) is 10.9 Å². The minimum absolute atomic E-state index is 0.211. The normalized spacial score (nSPS) is 21.6. The Kier molecular flexibility index (Phi) is 3.05. The molecule has 0 amide bonds. The molecular formula is C13H16O2. The van der Waals surface area contributed by atoms with Crippen molar-refractivity contribution >= 4 is 5.78 Å². The summed E-state index contributed by atoms with van der Waals surface area (Å²) in [5.41, 5.74) is 1.15. The van der Waals surface area contributed by atoms with Crippen LogP contribution in [0.4, 0.5) is 0 Å². The first-order valence-electron chi connectivity index (χ1n) is 5.56. The van der Waals surface area contributed by atoms with Crippen molar-refractivity contribution < 1.29 is 9.90 Å². The molecule has 1 aromatic carbocycles. The predicted octanol–water partition coefficient (Wildman–Crippen LogP) is 2.69. The molecule has 1 saturated carbocycles. The Morgan fingerprint density at radius 2 is 2.00 bits per heavy atom. The van der Waals surface area contributed by atoms with Crippen molar-refractivity contribution in [3.63, 3.8) is 0 Å². The number of rotatable bonds is 2. The van der Waals surface area contributed by atoms with Gasteiger partial charge < -0.3 is 5.11 Å². The number of carbonyl (C=O) groups excluding carboxylic acids is 1. The van der Waals surface area contributed by atoms with E-state index in [0.717, 1.165) is 31.2 Å². The molecule has 1 fully saturated rings. The van der Waals surface area contributed by atoms with E-state index >= 15 is 0 Å². The number of phenolic OH excluding ortho intramolecular Hbond substituents is 1. The Morgan fingerprint density at radius 1 is 1.27 bits per heavy atom. The molecule has 0 aliphatic heterocycles. The number of benzene rings is 1. The van der Waals surface area contributed by atoms with Gasteiger partial charge in [-0.3, -0.25) is 4.79 Å². The van der Waals surface area contributed by atoms with E-state index in [4.69, 9.17) is 5.11 Å². The Balaban J connectivity index is 2.01. The van der Waals surface area contributed by atoms with E-state index in [1.807, 2.05) is 12.1 Å². The number of Topliss-reactive ketones (excluding diaryl/α,β-unsaturated/α-hetero) is 1. The molecule has 15 heavy (non-hydrogen) atoms. The maximum Gasteiger partial charge on any atom is 0.136 e. The molecule has 1 aliphatic rings. The predicted molar refractivity (Wildman–Crippen MR) is 58.8 cm³/mol. The summed E-state index contributed by atoms with van der Waals surface area (Å²) in [4.78, 5) is 11.6. The first kappa shape index (κ1) is 10.2. The Labute approximate surface area is 89.9 Å². The number of aromatic hydroxyl groups is 1. The molecule has 1 aliphatic carbocycles. The molecule has 1 unspecified atom stereocenters. The molecule has 80 valence electrons. The first-order valence-corrected chi connectivity index (χ1v) is 5.56. The highest BCUT2D eigenvalue weighted by atomic mass is 16.5. The monoisotopic (exact) mass is 218 g/mol. The van der Waals surface area contributed by atoms with Crippen LogP contribution in [0.5, 0.6) is 5.75 Å². The van der Waals surface area contributed by atoms with Gasteiger partial charge in [0, 0.05) is 12.3 Å². The molecule has 0 saturated heterocycles. The molecule has 0 aromatic heterocycles. The summed E-state index contributed by atoms with van der Waals surface area (Å²) in [6.07, 6.45) is 4.85. The van der Waals surface area contributed by atoms with Crippen LogP contribution in [0.25, 0.3) is 0 Å². The Hall–Kier alpha value is -1.31. The third-order valence-electron chi connectivity index (χ3n) is 3.10. The average Bonchev–Trinajstić information content (AvgIpc) is 2.25. The fourth-order valence-corrected chi connectivity index (χ4v) is 2.19. The fraction of sp³-hybridized carbons (Fsp3) is 0.462. The van der Waals surface area contributed by atoms with Crippen LogP contribution in [0.2, 0.25) is 0 Å². The van der Waals surface area contributed by atoms with Gasteiger partial charge in [-0.15, -0.1) is 0 Å². The topological polar surface area (TPSA) is 37.3 Å². The molecule has 0 radical (unpaired) electrons. The lowest BCUT2D eigenvalue weighted by Gasteiger charge is -2.20. The second kappa shape index (κ2) is 4.47. The van der Waals surface area contributed by atoms with Gasteiger partial charge in [0.1, 0.15) is 11.5 Å². The number of hydrogen-bond donors (Lipinski definition) is 1. The maximum absolute atomic E-state index is 11.6. The van der Waals surface area contributed by atoms with Crippen LogP contribution in [0.1, 0.15) is 31.2 Å².